The van der Waals surface area contributed by atoms with Gasteiger partial charge in [0.2, 0.25) is 11.8 Å². The van der Waals surface area contributed by atoms with E-state index in [-0.39, 0.29) is 29.8 Å². The smallest absolute Gasteiger partial charge is 0.444 e. The van der Waals surface area contributed by atoms with E-state index in [9.17, 15) is 29.3 Å². The molecule has 41 heavy (non-hydrogen) atoms. The van der Waals surface area contributed by atoms with Gasteiger partial charge >= 0.3 is 12.2 Å². The average Bonchev–Trinajstić information content (AvgIpc) is 2.85. The monoisotopic (exact) mass is 572 g/mol. The van der Waals surface area contributed by atoms with Crippen LogP contribution in [0.4, 0.5) is 21.0 Å². The molecule has 0 saturated heterocycles. The van der Waals surface area contributed by atoms with Crippen molar-refractivity contribution in [2.45, 2.75) is 65.7 Å². The van der Waals surface area contributed by atoms with Gasteiger partial charge < -0.3 is 30.2 Å². The summed E-state index contributed by atoms with van der Waals surface area (Å²) in [6, 6.07) is 10.4. The molecule has 222 valence electrons. The standard InChI is InChI=1S/C28H36N4O9/c1-17(2)15-24(33)30-18(3)25(34)31-20-9-7-19(8-10-20)23(16-29-26(35)41-28(4,5)6)40-27(36)39-22-13-11-21(12-14-22)32(37)38/h7-14,17-18,23H,15-16H2,1-6H3,(H,29,35)(H,30,33)(H,31,34)/t18-,23+/m0/s1. The Morgan fingerprint density at radius 2 is 1.56 bits per heavy atom. The van der Waals surface area contributed by atoms with Gasteiger partial charge in [-0.3, -0.25) is 19.7 Å². The highest BCUT2D eigenvalue weighted by Gasteiger charge is 2.23. The Morgan fingerprint density at radius 3 is 2.10 bits per heavy atom. The molecule has 0 saturated carbocycles. The number of nitro groups is 1. The van der Waals surface area contributed by atoms with Crippen LogP contribution >= 0.6 is 0 Å². The van der Waals surface area contributed by atoms with Crippen LogP contribution in [-0.2, 0) is 19.1 Å². The fourth-order valence-corrected chi connectivity index (χ4v) is 3.36. The summed E-state index contributed by atoms with van der Waals surface area (Å²) in [5.41, 5.74) is -0.0424. The highest BCUT2D eigenvalue weighted by Crippen LogP contribution is 2.23. The van der Waals surface area contributed by atoms with Gasteiger partial charge in [0.25, 0.3) is 5.69 Å². The van der Waals surface area contributed by atoms with Crippen molar-refractivity contribution in [3.05, 3.63) is 64.2 Å². The molecule has 3 amide bonds. The molecule has 0 aliphatic heterocycles. The maximum Gasteiger partial charge on any atom is 0.514 e. The SMILES string of the molecule is CC(C)CC(=O)N[C@@H](C)C(=O)Nc1ccc([C@@H](CNC(=O)OC(C)(C)C)OC(=O)Oc2ccc([N+](=O)[O-])cc2)cc1. The lowest BCUT2D eigenvalue weighted by Gasteiger charge is -2.22. The third-order valence-electron chi connectivity index (χ3n) is 5.23. The normalized spacial score (nSPS) is 12.5. The Balaban J connectivity index is 2.10. The number of nitrogens with one attached hydrogen (secondary N) is 3. The molecule has 13 nitrogen and oxygen atoms in total. The van der Waals surface area contributed by atoms with Crippen LogP contribution < -0.4 is 20.7 Å². The summed E-state index contributed by atoms with van der Waals surface area (Å²) in [5, 5.41) is 18.7. The Kier molecular flexibility index (Phi) is 11.6. The van der Waals surface area contributed by atoms with E-state index in [1.807, 2.05) is 13.8 Å². The zero-order valence-corrected chi connectivity index (χ0v) is 23.9. The summed E-state index contributed by atoms with van der Waals surface area (Å²) in [5.74, 6) is -0.465. The maximum atomic E-state index is 12.5. The van der Waals surface area contributed by atoms with Gasteiger partial charge in [0, 0.05) is 24.2 Å². The van der Waals surface area contributed by atoms with Crippen molar-refractivity contribution in [3.8, 4) is 5.75 Å². The number of nitrogens with zero attached hydrogens (tertiary/aromatic N) is 1. The third-order valence-corrected chi connectivity index (χ3v) is 5.23. The summed E-state index contributed by atoms with van der Waals surface area (Å²) >= 11 is 0. The number of rotatable bonds is 11. The van der Waals surface area contributed by atoms with Crippen molar-refractivity contribution in [1.29, 1.82) is 0 Å². The number of carbonyl (C=O) groups excluding carboxylic acids is 4. The van der Waals surface area contributed by atoms with E-state index in [4.69, 9.17) is 14.2 Å². The van der Waals surface area contributed by atoms with Gasteiger partial charge in [-0.25, -0.2) is 9.59 Å². The van der Waals surface area contributed by atoms with E-state index in [0.29, 0.717) is 17.7 Å². The van der Waals surface area contributed by atoms with Gasteiger partial charge in [-0.1, -0.05) is 26.0 Å². The second-order valence-corrected chi connectivity index (χ2v) is 10.6. The van der Waals surface area contributed by atoms with Crippen LogP contribution in [-0.4, -0.2) is 47.2 Å². The predicted molar refractivity (Wildman–Crippen MR) is 149 cm³/mol. The fourth-order valence-electron chi connectivity index (χ4n) is 3.36. The van der Waals surface area contributed by atoms with E-state index in [2.05, 4.69) is 16.0 Å². The zero-order chi connectivity index (χ0) is 30.7. The number of non-ortho nitro benzene ring substituents is 1. The number of nitro benzene ring substituents is 1. The van der Waals surface area contributed by atoms with Gasteiger partial charge in [-0.15, -0.1) is 0 Å². The molecule has 2 atom stereocenters. The first kappa shape index (κ1) is 32.5. The van der Waals surface area contributed by atoms with Crippen LogP contribution in [0.15, 0.2) is 48.5 Å². The van der Waals surface area contributed by atoms with E-state index in [1.165, 1.54) is 24.3 Å². The Morgan fingerprint density at radius 1 is 0.951 bits per heavy atom. The number of anilines is 1. The lowest BCUT2D eigenvalue weighted by atomic mass is 10.1. The summed E-state index contributed by atoms with van der Waals surface area (Å²) < 4.78 is 15.8. The van der Waals surface area contributed by atoms with Crippen molar-refractivity contribution < 1.29 is 38.3 Å². The second kappa shape index (κ2) is 14.6. The Hall–Kier alpha value is -4.68. The predicted octanol–water partition coefficient (Wildman–Crippen LogP) is 4.87. The lowest BCUT2D eigenvalue weighted by molar-refractivity contribution is -0.384. The van der Waals surface area contributed by atoms with Crippen LogP contribution in [0.5, 0.6) is 5.75 Å². The van der Waals surface area contributed by atoms with Gasteiger partial charge in [-0.2, -0.15) is 0 Å². The Bertz CT molecular complexity index is 1220. The average molecular weight is 573 g/mol. The van der Waals surface area contributed by atoms with Gasteiger partial charge in [0.15, 0.2) is 0 Å². The molecule has 0 aliphatic rings. The zero-order valence-electron chi connectivity index (χ0n) is 23.9. The van der Waals surface area contributed by atoms with Crippen LogP contribution in [0, 0.1) is 16.0 Å². The largest absolute Gasteiger partial charge is 0.514 e. The number of hydrogen-bond acceptors (Lipinski definition) is 9. The maximum absolute atomic E-state index is 12.5. The number of alkyl carbamates (subject to hydrolysis) is 1. The van der Waals surface area contributed by atoms with Crippen LogP contribution in [0.3, 0.4) is 0 Å². The van der Waals surface area contributed by atoms with E-state index in [0.717, 1.165) is 0 Å². The number of amides is 3. The number of hydrogen-bond donors (Lipinski definition) is 3. The molecule has 13 heteroatoms. The van der Waals surface area contributed by atoms with E-state index >= 15 is 0 Å². The van der Waals surface area contributed by atoms with Crippen molar-refractivity contribution in [3.63, 3.8) is 0 Å². The molecule has 0 bridgehead atoms. The highest BCUT2D eigenvalue weighted by atomic mass is 16.7. The Labute approximate surface area is 238 Å². The van der Waals surface area contributed by atoms with Gasteiger partial charge in [0.05, 0.1) is 11.5 Å². The van der Waals surface area contributed by atoms with Crippen molar-refractivity contribution >= 4 is 35.4 Å². The van der Waals surface area contributed by atoms with Gasteiger partial charge in [0.1, 0.15) is 23.5 Å². The van der Waals surface area contributed by atoms with E-state index < -0.39 is 40.8 Å². The van der Waals surface area contributed by atoms with E-state index in [1.54, 1.807) is 52.0 Å². The number of carbonyl (C=O) groups is 4. The quantitative estimate of drug-likeness (QED) is 0.147. The van der Waals surface area contributed by atoms with Crippen molar-refractivity contribution in [2.75, 3.05) is 11.9 Å². The number of benzene rings is 2. The summed E-state index contributed by atoms with van der Waals surface area (Å²) in [7, 11) is 0. The number of ether oxygens (including phenoxy) is 3. The molecule has 0 radical (unpaired) electrons. The minimum Gasteiger partial charge on any atom is -0.444 e. The molecule has 0 spiro atoms. The molecular weight excluding hydrogens is 536 g/mol. The summed E-state index contributed by atoms with van der Waals surface area (Å²) in [4.78, 5) is 59.4. The molecular formula is C28H36N4O9. The third kappa shape index (κ3) is 11.9. The van der Waals surface area contributed by atoms with Crippen LogP contribution in [0.1, 0.15) is 59.6 Å². The molecule has 2 aromatic carbocycles. The highest BCUT2D eigenvalue weighted by molar-refractivity contribution is 5.96. The van der Waals surface area contributed by atoms with Gasteiger partial charge in [-0.05, 0) is 63.4 Å². The first-order chi connectivity index (χ1) is 19.1. The second-order valence-electron chi connectivity index (χ2n) is 10.6. The van der Waals surface area contributed by atoms with Crippen LogP contribution in [0.25, 0.3) is 0 Å². The molecule has 0 heterocycles. The minimum atomic E-state index is -1.11. The van der Waals surface area contributed by atoms with Crippen molar-refractivity contribution in [2.24, 2.45) is 5.92 Å². The lowest BCUT2D eigenvalue weighted by Crippen LogP contribution is -2.41. The molecule has 0 fully saturated rings. The molecule has 0 aromatic heterocycles. The summed E-state index contributed by atoms with van der Waals surface area (Å²) in [6.45, 7) is 10.3. The summed E-state index contributed by atoms with van der Waals surface area (Å²) in [6.07, 6.45) is -2.56. The molecule has 0 unspecified atom stereocenters. The van der Waals surface area contributed by atoms with Crippen molar-refractivity contribution in [1.82, 2.24) is 10.6 Å². The molecule has 2 aromatic rings. The van der Waals surface area contributed by atoms with Crippen LogP contribution in [0.2, 0.25) is 0 Å². The fraction of sp³-hybridized carbons (Fsp3) is 0.429. The first-order valence-electron chi connectivity index (χ1n) is 12.9. The minimum absolute atomic E-state index is 0.0205. The molecule has 0 aliphatic carbocycles. The first-order valence-corrected chi connectivity index (χ1v) is 12.9. The topological polar surface area (TPSA) is 175 Å². The molecule has 3 N–H and O–H groups in total. The molecule has 2 rings (SSSR count).